The zero-order valence-corrected chi connectivity index (χ0v) is 12.6. The van der Waals surface area contributed by atoms with Gasteiger partial charge in [0.15, 0.2) is 0 Å². The summed E-state index contributed by atoms with van der Waals surface area (Å²) < 4.78 is 10.6. The summed E-state index contributed by atoms with van der Waals surface area (Å²) in [5, 5.41) is 10.2. The molecular formula is C11H12Br2O4. The van der Waals surface area contributed by atoms with E-state index in [0.717, 1.165) is 0 Å². The summed E-state index contributed by atoms with van der Waals surface area (Å²) in [5.74, 6) is -0.245. The van der Waals surface area contributed by atoms with Gasteiger partial charge in [0.05, 0.1) is 18.2 Å². The highest BCUT2D eigenvalue weighted by molar-refractivity contribution is 9.11. The molecule has 0 amide bonds. The van der Waals surface area contributed by atoms with Crippen molar-refractivity contribution in [3.63, 3.8) is 0 Å². The Hall–Kier alpha value is -0.750. The number of carbonyl (C=O) groups is 1. The minimum absolute atomic E-state index is 0.149. The summed E-state index contributed by atoms with van der Waals surface area (Å²) in [6.45, 7) is 1.96. The monoisotopic (exact) mass is 366 g/mol. The first-order valence-electron chi connectivity index (χ1n) is 4.88. The normalized spacial score (nSPS) is 10.1. The van der Waals surface area contributed by atoms with Crippen molar-refractivity contribution in [3.8, 4) is 11.5 Å². The Kier molecular flexibility index (Phi) is 5.27. The molecule has 0 atom stereocenters. The Morgan fingerprint density at radius 1 is 1.53 bits per heavy atom. The van der Waals surface area contributed by atoms with Crippen LogP contribution in [0.25, 0.3) is 0 Å². The van der Waals surface area contributed by atoms with E-state index in [0.29, 0.717) is 21.1 Å². The molecule has 0 aromatic heterocycles. The van der Waals surface area contributed by atoms with Crippen molar-refractivity contribution in [2.24, 2.45) is 0 Å². The Morgan fingerprint density at radius 3 is 2.65 bits per heavy atom. The molecule has 1 aromatic carbocycles. The van der Waals surface area contributed by atoms with Gasteiger partial charge in [0.25, 0.3) is 0 Å². The van der Waals surface area contributed by atoms with E-state index in [1.165, 1.54) is 13.2 Å². The molecular weight excluding hydrogens is 356 g/mol. The quantitative estimate of drug-likeness (QED) is 0.655. The van der Waals surface area contributed by atoms with Crippen molar-refractivity contribution in [2.75, 3.05) is 13.7 Å². The van der Waals surface area contributed by atoms with Gasteiger partial charge in [-0.25, -0.2) is 4.79 Å². The number of ether oxygens (including phenoxy) is 2. The van der Waals surface area contributed by atoms with Crippen molar-refractivity contribution in [2.45, 2.75) is 12.3 Å². The Bertz CT molecular complexity index is 432. The van der Waals surface area contributed by atoms with Crippen LogP contribution in [-0.4, -0.2) is 24.8 Å². The molecule has 1 aromatic rings. The predicted octanol–water partition coefficient (Wildman–Crippen LogP) is 3.23. The van der Waals surface area contributed by atoms with Crippen molar-refractivity contribution in [3.05, 3.63) is 21.7 Å². The van der Waals surface area contributed by atoms with Gasteiger partial charge in [-0.2, -0.15) is 0 Å². The lowest BCUT2D eigenvalue weighted by Gasteiger charge is -2.13. The largest absolute Gasteiger partial charge is 0.507 e. The van der Waals surface area contributed by atoms with Crippen molar-refractivity contribution in [1.82, 2.24) is 0 Å². The molecule has 0 saturated carbocycles. The standard InChI is InChI=1S/C11H12Br2O4/c1-3-17-11(15)9-6(5-12)10(13)8(16-2)4-7(9)14/h4,14H,3,5H2,1-2H3. The number of carbonyl (C=O) groups excluding carboxylic acids is 1. The third-order valence-electron chi connectivity index (χ3n) is 2.14. The van der Waals surface area contributed by atoms with Gasteiger partial charge in [-0.05, 0) is 28.4 Å². The average Bonchev–Trinajstić information content (AvgIpc) is 2.31. The van der Waals surface area contributed by atoms with Gasteiger partial charge in [-0.15, -0.1) is 0 Å². The average molecular weight is 368 g/mol. The van der Waals surface area contributed by atoms with Crippen LogP contribution in [0.5, 0.6) is 11.5 Å². The maximum absolute atomic E-state index is 11.7. The minimum atomic E-state index is -0.553. The van der Waals surface area contributed by atoms with E-state index in [2.05, 4.69) is 31.9 Å². The highest BCUT2D eigenvalue weighted by atomic mass is 79.9. The number of alkyl halides is 1. The molecule has 94 valence electrons. The van der Waals surface area contributed by atoms with Crippen LogP contribution < -0.4 is 4.74 Å². The fourth-order valence-electron chi connectivity index (χ4n) is 1.38. The van der Waals surface area contributed by atoms with Crippen LogP contribution in [0, 0.1) is 0 Å². The molecule has 17 heavy (non-hydrogen) atoms. The van der Waals surface area contributed by atoms with E-state index in [9.17, 15) is 9.90 Å². The number of phenolic OH excluding ortho intramolecular Hbond substituents is 1. The molecule has 0 aliphatic heterocycles. The third-order valence-corrected chi connectivity index (χ3v) is 3.57. The van der Waals surface area contributed by atoms with E-state index in [-0.39, 0.29) is 17.9 Å². The maximum atomic E-state index is 11.7. The lowest BCUT2D eigenvalue weighted by Crippen LogP contribution is -2.09. The molecule has 6 heteroatoms. The zero-order valence-electron chi connectivity index (χ0n) is 9.42. The lowest BCUT2D eigenvalue weighted by molar-refractivity contribution is 0.0522. The minimum Gasteiger partial charge on any atom is -0.507 e. The van der Waals surface area contributed by atoms with Crippen molar-refractivity contribution in [1.29, 1.82) is 0 Å². The third kappa shape index (κ3) is 2.93. The number of phenols is 1. The molecule has 0 spiro atoms. The molecule has 1 N–H and O–H groups in total. The molecule has 4 nitrogen and oxygen atoms in total. The number of hydrogen-bond acceptors (Lipinski definition) is 4. The van der Waals surface area contributed by atoms with Crippen LogP contribution in [0.1, 0.15) is 22.8 Å². The number of aromatic hydroxyl groups is 1. The predicted molar refractivity (Wildman–Crippen MR) is 70.9 cm³/mol. The number of benzene rings is 1. The van der Waals surface area contributed by atoms with E-state index in [1.807, 2.05) is 0 Å². The summed E-state index contributed by atoms with van der Waals surface area (Å²) in [6.07, 6.45) is 0. The summed E-state index contributed by atoms with van der Waals surface area (Å²) >= 11 is 6.60. The molecule has 0 heterocycles. The van der Waals surface area contributed by atoms with E-state index >= 15 is 0 Å². The van der Waals surface area contributed by atoms with Crippen molar-refractivity contribution >= 4 is 37.8 Å². The maximum Gasteiger partial charge on any atom is 0.342 e. The lowest BCUT2D eigenvalue weighted by atomic mass is 10.1. The molecule has 1 rings (SSSR count). The summed E-state index contributed by atoms with van der Waals surface area (Å²) in [6, 6.07) is 1.38. The SMILES string of the molecule is CCOC(=O)c1c(O)cc(OC)c(Br)c1CBr. The molecule has 0 bridgehead atoms. The second kappa shape index (κ2) is 6.26. The number of hydrogen-bond donors (Lipinski definition) is 1. The summed E-state index contributed by atoms with van der Waals surface area (Å²) in [7, 11) is 1.49. The highest BCUT2D eigenvalue weighted by Crippen LogP contribution is 2.38. The molecule has 0 unspecified atom stereocenters. The van der Waals surface area contributed by atoms with E-state index in [4.69, 9.17) is 9.47 Å². The van der Waals surface area contributed by atoms with Crippen LogP contribution in [0.2, 0.25) is 0 Å². The molecule has 0 radical (unpaired) electrons. The first-order chi connectivity index (χ1) is 8.06. The number of esters is 1. The summed E-state index contributed by atoms with van der Waals surface area (Å²) in [5.41, 5.74) is 0.747. The smallest absolute Gasteiger partial charge is 0.342 e. The van der Waals surface area contributed by atoms with Gasteiger partial charge < -0.3 is 14.6 Å². The van der Waals surface area contributed by atoms with Gasteiger partial charge in [0, 0.05) is 11.4 Å². The Labute approximate surface area is 116 Å². The highest BCUT2D eigenvalue weighted by Gasteiger charge is 2.22. The van der Waals surface area contributed by atoms with Gasteiger partial charge in [-0.1, -0.05) is 15.9 Å². The van der Waals surface area contributed by atoms with Crippen LogP contribution in [0.4, 0.5) is 0 Å². The van der Waals surface area contributed by atoms with Gasteiger partial charge in [0.1, 0.15) is 17.1 Å². The summed E-state index contributed by atoms with van der Waals surface area (Å²) in [4.78, 5) is 11.7. The fourth-order valence-corrected chi connectivity index (χ4v) is 2.93. The first kappa shape index (κ1) is 14.3. The molecule has 0 aliphatic rings. The molecule has 0 fully saturated rings. The number of halogens is 2. The van der Waals surface area contributed by atoms with Crippen LogP contribution in [-0.2, 0) is 10.1 Å². The Morgan fingerprint density at radius 2 is 2.18 bits per heavy atom. The first-order valence-corrected chi connectivity index (χ1v) is 6.79. The van der Waals surface area contributed by atoms with E-state index in [1.54, 1.807) is 6.92 Å². The topological polar surface area (TPSA) is 55.8 Å². The second-order valence-corrected chi connectivity index (χ2v) is 4.47. The van der Waals surface area contributed by atoms with Crippen LogP contribution >= 0.6 is 31.9 Å². The van der Waals surface area contributed by atoms with Crippen molar-refractivity contribution < 1.29 is 19.4 Å². The molecule has 0 aliphatic carbocycles. The van der Waals surface area contributed by atoms with E-state index < -0.39 is 5.97 Å². The molecule has 0 saturated heterocycles. The van der Waals surface area contributed by atoms with Crippen LogP contribution in [0.15, 0.2) is 10.5 Å². The van der Waals surface area contributed by atoms with Gasteiger partial charge in [0.2, 0.25) is 0 Å². The van der Waals surface area contributed by atoms with Crippen LogP contribution in [0.3, 0.4) is 0 Å². The van der Waals surface area contributed by atoms with Gasteiger partial charge >= 0.3 is 5.97 Å². The Balaban J connectivity index is 3.38. The fraction of sp³-hybridized carbons (Fsp3) is 0.364. The second-order valence-electron chi connectivity index (χ2n) is 3.12. The zero-order chi connectivity index (χ0) is 13.0. The number of rotatable bonds is 4. The number of methoxy groups -OCH3 is 1. The van der Waals surface area contributed by atoms with Gasteiger partial charge in [-0.3, -0.25) is 0 Å².